The second kappa shape index (κ2) is 8.57. The van der Waals surface area contributed by atoms with E-state index in [1.165, 1.54) is 12.1 Å². The molecule has 11 heteroatoms. The minimum absolute atomic E-state index is 0.0201. The van der Waals surface area contributed by atoms with Crippen molar-refractivity contribution in [2.75, 3.05) is 11.4 Å². The molecule has 0 aliphatic carbocycles. The Morgan fingerprint density at radius 1 is 1.15 bits per heavy atom. The van der Waals surface area contributed by atoms with Crippen LogP contribution in [0.5, 0.6) is 0 Å². The lowest BCUT2D eigenvalue weighted by atomic mass is 9.81. The summed E-state index contributed by atoms with van der Waals surface area (Å²) in [5.41, 5.74) is -2.04. The lowest BCUT2D eigenvalue weighted by Crippen LogP contribution is -2.49. The largest absolute Gasteiger partial charge is 0.481 e. The molecule has 2 aromatic carbocycles. The van der Waals surface area contributed by atoms with E-state index >= 15 is 0 Å². The Kier molecular flexibility index (Phi) is 6.05. The zero-order chi connectivity index (χ0) is 24.9. The number of aliphatic carboxylic acids is 1. The number of aromatic nitrogens is 2. The average molecular weight is 498 g/mol. The molecule has 0 spiro atoms. The maximum Gasteiger partial charge on any atom is 0.417 e. The smallest absolute Gasteiger partial charge is 0.417 e. The number of benzene rings is 2. The first-order chi connectivity index (χ1) is 15.9. The SMILES string of the molecule is CC1[C@@H](C)[C@H](C(=O)O)CCN1c1nn(C(=O)c2c(Cl)cccc2C(F)(F)F)c2cccc(F)c12. The van der Waals surface area contributed by atoms with Crippen LogP contribution in [0.25, 0.3) is 10.9 Å². The number of carbonyl (C=O) groups excluding carboxylic acids is 1. The van der Waals surface area contributed by atoms with Crippen molar-refractivity contribution < 1.29 is 32.3 Å². The number of piperidine rings is 1. The van der Waals surface area contributed by atoms with E-state index in [9.17, 15) is 32.3 Å². The van der Waals surface area contributed by atoms with Gasteiger partial charge < -0.3 is 10.0 Å². The number of halogens is 5. The molecular formula is C23H20ClF4N3O3. The van der Waals surface area contributed by atoms with E-state index < -0.39 is 45.9 Å². The molecule has 3 atom stereocenters. The molecule has 2 heterocycles. The van der Waals surface area contributed by atoms with Gasteiger partial charge in [-0.1, -0.05) is 30.7 Å². The number of hydrogen-bond acceptors (Lipinski definition) is 4. The highest BCUT2D eigenvalue weighted by molar-refractivity contribution is 6.34. The minimum Gasteiger partial charge on any atom is -0.481 e. The highest BCUT2D eigenvalue weighted by atomic mass is 35.5. The molecule has 6 nitrogen and oxygen atoms in total. The summed E-state index contributed by atoms with van der Waals surface area (Å²) in [6.07, 6.45) is -4.59. The Morgan fingerprint density at radius 2 is 1.82 bits per heavy atom. The number of anilines is 1. The summed E-state index contributed by atoms with van der Waals surface area (Å²) >= 11 is 6.00. The van der Waals surface area contributed by atoms with E-state index in [0.717, 1.165) is 28.9 Å². The van der Waals surface area contributed by atoms with E-state index in [2.05, 4.69) is 5.10 Å². The van der Waals surface area contributed by atoms with Gasteiger partial charge in [-0.25, -0.2) is 4.39 Å². The lowest BCUT2D eigenvalue weighted by molar-refractivity contribution is -0.144. The summed E-state index contributed by atoms with van der Waals surface area (Å²) in [4.78, 5) is 26.6. The molecule has 0 bridgehead atoms. The van der Waals surface area contributed by atoms with Gasteiger partial charge in [0.2, 0.25) is 0 Å². The van der Waals surface area contributed by atoms with Crippen molar-refractivity contribution in [3.8, 4) is 0 Å². The molecule has 1 N–H and O–H groups in total. The third kappa shape index (κ3) is 3.89. The summed E-state index contributed by atoms with van der Waals surface area (Å²) in [5, 5.41) is 13.3. The fourth-order valence-electron chi connectivity index (χ4n) is 4.56. The monoisotopic (exact) mass is 497 g/mol. The van der Waals surface area contributed by atoms with Crippen LogP contribution in [0.2, 0.25) is 5.02 Å². The summed E-state index contributed by atoms with van der Waals surface area (Å²) in [6.45, 7) is 3.75. The minimum atomic E-state index is -4.85. The van der Waals surface area contributed by atoms with E-state index in [1.54, 1.807) is 18.7 Å². The third-order valence-corrected chi connectivity index (χ3v) is 6.84. The van der Waals surface area contributed by atoms with Crippen LogP contribution in [-0.4, -0.2) is 39.4 Å². The molecule has 34 heavy (non-hydrogen) atoms. The number of rotatable bonds is 3. The van der Waals surface area contributed by atoms with Gasteiger partial charge in [0.1, 0.15) is 5.82 Å². The molecular weight excluding hydrogens is 478 g/mol. The van der Waals surface area contributed by atoms with Crippen LogP contribution >= 0.6 is 11.6 Å². The van der Waals surface area contributed by atoms with Gasteiger partial charge in [-0.15, -0.1) is 5.10 Å². The molecule has 1 unspecified atom stereocenters. The number of alkyl halides is 3. The molecule has 1 aromatic heterocycles. The Balaban J connectivity index is 1.88. The van der Waals surface area contributed by atoms with Crippen LogP contribution in [0.1, 0.15) is 36.2 Å². The van der Waals surface area contributed by atoms with Crippen LogP contribution in [0.3, 0.4) is 0 Å². The van der Waals surface area contributed by atoms with E-state index in [4.69, 9.17) is 11.6 Å². The van der Waals surface area contributed by atoms with Gasteiger partial charge in [-0.3, -0.25) is 9.59 Å². The Hall–Kier alpha value is -3.14. The standard InChI is InChI=1S/C23H20ClF4N3O3/c1-11-12(2)30(10-9-13(11)22(33)34)20-19-16(25)7-4-8-17(19)31(29-20)21(32)18-14(23(26,27)28)5-3-6-15(18)24/h3-8,11-13H,9-10H2,1-2H3,(H,33,34)/t11-,12?,13-/m1/s1. The third-order valence-electron chi connectivity index (χ3n) is 6.52. The summed E-state index contributed by atoms with van der Waals surface area (Å²) in [5.74, 6) is -3.67. The molecule has 0 amide bonds. The number of carboxylic acids is 1. The first kappa shape index (κ1) is 24.0. The highest BCUT2D eigenvalue weighted by Gasteiger charge is 2.40. The predicted octanol–water partition coefficient (Wildman–Crippen LogP) is 5.47. The zero-order valence-electron chi connectivity index (χ0n) is 18.1. The molecule has 180 valence electrons. The summed E-state index contributed by atoms with van der Waals surface area (Å²) in [6, 6.07) is 6.48. The van der Waals surface area contributed by atoms with Crippen LogP contribution in [0.4, 0.5) is 23.4 Å². The number of fused-ring (bicyclic) bond motifs is 1. The molecule has 0 radical (unpaired) electrons. The number of carboxylic acid groups (broad SMARTS) is 1. The fraction of sp³-hybridized carbons (Fsp3) is 0.348. The fourth-order valence-corrected chi connectivity index (χ4v) is 4.82. The van der Waals surface area contributed by atoms with Crippen LogP contribution in [-0.2, 0) is 11.0 Å². The predicted molar refractivity (Wildman–Crippen MR) is 118 cm³/mol. The highest BCUT2D eigenvalue weighted by Crippen LogP contribution is 2.39. The molecule has 1 fully saturated rings. The van der Waals surface area contributed by atoms with Crippen molar-refractivity contribution in [3.63, 3.8) is 0 Å². The maximum atomic E-state index is 15.0. The van der Waals surface area contributed by atoms with Gasteiger partial charge in [0.25, 0.3) is 5.91 Å². The maximum absolute atomic E-state index is 15.0. The zero-order valence-corrected chi connectivity index (χ0v) is 18.9. The van der Waals surface area contributed by atoms with Gasteiger partial charge in [0.05, 0.1) is 33.0 Å². The Labute approximate surface area is 196 Å². The molecule has 0 saturated carbocycles. The first-order valence-electron chi connectivity index (χ1n) is 10.5. The lowest BCUT2D eigenvalue weighted by Gasteiger charge is -2.41. The Morgan fingerprint density at radius 3 is 2.47 bits per heavy atom. The first-order valence-corrected chi connectivity index (χ1v) is 10.9. The van der Waals surface area contributed by atoms with Crippen LogP contribution < -0.4 is 4.90 Å². The summed E-state index contributed by atoms with van der Waals surface area (Å²) in [7, 11) is 0. The van der Waals surface area contributed by atoms with Gasteiger partial charge >= 0.3 is 12.1 Å². The van der Waals surface area contributed by atoms with Crippen molar-refractivity contribution >= 4 is 40.2 Å². The van der Waals surface area contributed by atoms with Crippen LogP contribution in [0, 0.1) is 17.7 Å². The average Bonchev–Trinajstić information content (AvgIpc) is 3.15. The topological polar surface area (TPSA) is 75.4 Å². The molecule has 1 saturated heterocycles. The van der Waals surface area contributed by atoms with Crippen molar-refractivity contribution in [2.24, 2.45) is 11.8 Å². The Bertz CT molecular complexity index is 1290. The number of carbonyl (C=O) groups is 2. The van der Waals surface area contributed by atoms with E-state index in [1.807, 2.05) is 0 Å². The number of hydrogen-bond donors (Lipinski definition) is 1. The second-order valence-electron chi connectivity index (χ2n) is 8.36. The van der Waals surface area contributed by atoms with E-state index in [0.29, 0.717) is 0 Å². The van der Waals surface area contributed by atoms with Crippen LogP contribution in [0.15, 0.2) is 36.4 Å². The quantitative estimate of drug-likeness (QED) is 0.486. The van der Waals surface area contributed by atoms with Crippen molar-refractivity contribution in [3.05, 3.63) is 58.4 Å². The van der Waals surface area contributed by atoms with E-state index in [-0.39, 0.29) is 41.6 Å². The van der Waals surface area contributed by atoms with Gasteiger partial charge in [0, 0.05) is 12.6 Å². The molecule has 4 rings (SSSR count). The molecule has 3 aromatic rings. The van der Waals surface area contributed by atoms with Gasteiger partial charge in [0.15, 0.2) is 5.82 Å². The van der Waals surface area contributed by atoms with Crippen molar-refractivity contribution in [1.82, 2.24) is 9.78 Å². The normalized spacial score (nSPS) is 21.1. The molecule has 1 aliphatic rings. The van der Waals surface area contributed by atoms with Gasteiger partial charge in [-0.05, 0) is 43.5 Å². The van der Waals surface area contributed by atoms with Crippen molar-refractivity contribution in [2.45, 2.75) is 32.5 Å². The summed E-state index contributed by atoms with van der Waals surface area (Å²) < 4.78 is 56.5. The van der Waals surface area contributed by atoms with Crippen molar-refractivity contribution in [1.29, 1.82) is 0 Å². The van der Waals surface area contributed by atoms with Gasteiger partial charge in [-0.2, -0.15) is 17.9 Å². The molecule has 1 aliphatic heterocycles. The second-order valence-corrected chi connectivity index (χ2v) is 8.77. The number of nitrogens with zero attached hydrogens (tertiary/aromatic N) is 3.